The summed E-state index contributed by atoms with van der Waals surface area (Å²) in [6, 6.07) is 11.9. The Bertz CT molecular complexity index is 1290. The number of hydrogen-bond acceptors (Lipinski definition) is 5. The van der Waals surface area contributed by atoms with Gasteiger partial charge in [0.05, 0.1) is 16.1 Å². The van der Waals surface area contributed by atoms with Crippen LogP contribution in [0.5, 0.6) is 5.88 Å². The first-order valence-corrected chi connectivity index (χ1v) is 10.2. The van der Waals surface area contributed by atoms with Gasteiger partial charge in [0.2, 0.25) is 11.8 Å². The molecule has 0 saturated carbocycles. The standard InChI is InChI=1S/C21H14F3N3O2S2/c22-21(23,24)13-4-3-5-14(9-13)26-18(28)11-27-19(29)17(31-20(27)30)8-12-10-25-16-7-2-1-6-15(12)16/h1-10,29H,11H2,(H,26,28)/b12-8-. The lowest BCUT2D eigenvalue weighted by molar-refractivity contribution is -0.137. The number of allylic oxidation sites excluding steroid dienone is 1. The summed E-state index contributed by atoms with van der Waals surface area (Å²) in [5.41, 5.74) is 1.66. The van der Waals surface area contributed by atoms with Crippen molar-refractivity contribution in [3.63, 3.8) is 0 Å². The van der Waals surface area contributed by atoms with E-state index in [1.807, 2.05) is 24.3 Å². The Balaban J connectivity index is 1.54. The lowest BCUT2D eigenvalue weighted by Gasteiger charge is -2.10. The van der Waals surface area contributed by atoms with Crippen molar-refractivity contribution in [1.29, 1.82) is 0 Å². The topological polar surface area (TPSA) is 66.6 Å². The van der Waals surface area contributed by atoms with Crippen LogP contribution in [0.2, 0.25) is 0 Å². The number of aliphatic imine (C=N–C) groups is 1. The number of hydrogen-bond donors (Lipinski definition) is 2. The Morgan fingerprint density at radius 3 is 2.77 bits per heavy atom. The van der Waals surface area contributed by atoms with Crippen LogP contribution in [0.1, 0.15) is 16.0 Å². The predicted octanol–water partition coefficient (Wildman–Crippen LogP) is 5.90. The molecule has 0 atom stereocenters. The minimum absolute atomic E-state index is 0.00202. The molecule has 2 aromatic carbocycles. The fourth-order valence-corrected chi connectivity index (χ4v) is 4.32. The van der Waals surface area contributed by atoms with E-state index in [9.17, 15) is 23.1 Å². The third-order valence-corrected chi connectivity index (χ3v) is 5.90. The van der Waals surface area contributed by atoms with E-state index in [2.05, 4.69) is 10.3 Å². The molecule has 0 fully saturated rings. The number of alkyl halides is 3. The second-order valence-electron chi connectivity index (χ2n) is 6.64. The van der Waals surface area contributed by atoms with Crippen molar-refractivity contribution in [1.82, 2.24) is 4.57 Å². The van der Waals surface area contributed by atoms with Gasteiger partial charge in [-0.3, -0.25) is 14.4 Å². The molecule has 31 heavy (non-hydrogen) atoms. The number of benzene rings is 2. The second kappa shape index (κ2) is 8.12. The first kappa shape index (κ1) is 21.0. The molecule has 0 bridgehead atoms. The number of rotatable bonds is 4. The fraction of sp³-hybridized carbons (Fsp3) is 0.0952. The predicted molar refractivity (Wildman–Crippen MR) is 117 cm³/mol. The van der Waals surface area contributed by atoms with Crippen LogP contribution in [0.4, 0.5) is 24.5 Å². The van der Waals surface area contributed by atoms with Gasteiger partial charge in [0.1, 0.15) is 6.54 Å². The lowest BCUT2D eigenvalue weighted by atomic mass is 10.1. The number of aromatic nitrogens is 1. The first-order valence-electron chi connectivity index (χ1n) is 8.97. The quantitative estimate of drug-likeness (QED) is 0.476. The molecule has 0 saturated heterocycles. The molecule has 10 heteroatoms. The van der Waals surface area contributed by atoms with Gasteiger partial charge in [0.15, 0.2) is 3.95 Å². The Morgan fingerprint density at radius 2 is 2.00 bits per heavy atom. The molecule has 0 aliphatic carbocycles. The summed E-state index contributed by atoms with van der Waals surface area (Å²) in [6.45, 7) is -0.342. The highest BCUT2D eigenvalue weighted by atomic mass is 32.1. The van der Waals surface area contributed by atoms with Crippen LogP contribution < -0.4 is 5.32 Å². The number of thiazole rings is 1. The summed E-state index contributed by atoms with van der Waals surface area (Å²) in [6.07, 6.45) is -1.11. The van der Waals surface area contributed by atoms with Gasteiger partial charge in [-0.05, 0) is 42.6 Å². The fourth-order valence-electron chi connectivity index (χ4n) is 3.06. The van der Waals surface area contributed by atoms with Crippen LogP contribution >= 0.6 is 23.6 Å². The highest BCUT2D eigenvalue weighted by Crippen LogP contribution is 2.36. The zero-order chi connectivity index (χ0) is 22.2. The van der Waals surface area contributed by atoms with E-state index in [1.54, 1.807) is 12.3 Å². The van der Waals surface area contributed by atoms with Crippen molar-refractivity contribution in [2.45, 2.75) is 12.7 Å². The molecule has 0 unspecified atom stereocenters. The monoisotopic (exact) mass is 461 g/mol. The van der Waals surface area contributed by atoms with Gasteiger partial charge in [0, 0.05) is 23.0 Å². The van der Waals surface area contributed by atoms with E-state index < -0.39 is 17.6 Å². The number of aromatic hydroxyl groups is 1. The van der Waals surface area contributed by atoms with Gasteiger partial charge in [0.25, 0.3) is 0 Å². The molecule has 1 amide bonds. The average Bonchev–Trinajstić information content (AvgIpc) is 3.24. The number of anilines is 1. The average molecular weight is 461 g/mol. The SMILES string of the molecule is O=C(Cn1c(O)c(/C=C2/C=Nc3ccccc32)sc1=S)Nc1cccc(C(F)(F)F)c1. The van der Waals surface area contributed by atoms with Crippen LogP contribution in [0.15, 0.2) is 53.5 Å². The number of carbonyl (C=O) groups excluding carboxylic acids is 1. The van der Waals surface area contributed by atoms with Crippen LogP contribution in [-0.4, -0.2) is 21.8 Å². The Morgan fingerprint density at radius 1 is 1.23 bits per heavy atom. The van der Waals surface area contributed by atoms with Crippen molar-refractivity contribution in [2.75, 3.05) is 5.32 Å². The highest BCUT2D eigenvalue weighted by molar-refractivity contribution is 7.73. The number of fused-ring (bicyclic) bond motifs is 1. The Kier molecular flexibility index (Phi) is 5.50. The van der Waals surface area contributed by atoms with Gasteiger partial charge < -0.3 is 10.4 Å². The summed E-state index contributed by atoms with van der Waals surface area (Å²) in [4.78, 5) is 17.1. The third kappa shape index (κ3) is 4.44. The Hall–Kier alpha value is -3.24. The van der Waals surface area contributed by atoms with Crippen molar-refractivity contribution >= 4 is 58.7 Å². The number of nitrogens with zero attached hydrogens (tertiary/aromatic N) is 2. The van der Waals surface area contributed by atoms with E-state index in [0.717, 1.165) is 40.3 Å². The maximum absolute atomic E-state index is 12.8. The molecule has 158 valence electrons. The number of amides is 1. The van der Waals surface area contributed by atoms with Gasteiger partial charge in [-0.25, -0.2) is 0 Å². The summed E-state index contributed by atoms with van der Waals surface area (Å²) in [5.74, 6) is -0.810. The zero-order valence-corrected chi connectivity index (χ0v) is 17.3. The molecule has 0 radical (unpaired) electrons. The maximum atomic E-state index is 12.8. The van der Waals surface area contributed by atoms with E-state index in [4.69, 9.17) is 12.2 Å². The Labute approximate surface area is 183 Å². The minimum atomic E-state index is -4.51. The minimum Gasteiger partial charge on any atom is -0.493 e. The molecular weight excluding hydrogens is 447 g/mol. The summed E-state index contributed by atoms with van der Waals surface area (Å²) < 4.78 is 40.0. The molecule has 2 N–H and O–H groups in total. The maximum Gasteiger partial charge on any atom is 0.416 e. The first-order chi connectivity index (χ1) is 14.7. The molecule has 3 aromatic rings. The molecule has 1 aliphatic heterocycles. The van der Waals surface area contributed by atoms with E-state index in [1.165, 1.54) is 16.7 Å². The van der Waals surface area contributed by atoms with Crippen LogP contribution in [-0.2, 0) is 17.5 Å². The van der Waals surface area contributed by atoms with E-state index >= 15 is 0 Å². The number of carbonyl (C=O) groups is 1. The smallest absolute Gasteiger partial charge is 0.416 e. The normalized spacial score (nSPS) is 14.1. The summed E-state index contributed by atoms with van der Waals surface area (Å²) in [7, 11) is 0. The molecule has 5 nitrogen and oxygen atoms in total. The highest BCUT2D eigenvalue weighted by Gasteiger charge is 2.30. The van der Waals surface area contributed by atoms with Crippen LogP contribution in [0, 0.1) is 3.95 Å². The summed E-state index contributed by atoms with van der Waals surface area (Å²) >= 11 is 6.38. The van der Waals surface area contributed by atoms with Crippen LogP contribution in [0.25, 0.3) is 11.6 Å². The molecule has 1 aromatic heterocycles. The number of halogens is 3. The molecule has 1 aliphatic rings. The van der Waals surface area contributed by atoms with Gasteiger partial charge >= 0.3 is 6.18 Å². The lowest BCUT2D eigenvalue weighted by Crippen LogP contribution is -2.19. The van der Waals surface area contributed by atoms with Gasteiger partial charge in [-0.1, -0.05) is 24.3 Å². The third-order valence-electron chi connectivity index (χ3n) is 4.51. The molecular formula is C21H14F3N3O2S2. The van der Waals surface area contributed by atoms with E-state index in [-0.39, 0.29) is 22.1 Å². The molecule has 4 rings (SSSR count). The zero-order valence-electron chi connectivity index (χ0n) is 15.7. The largest absolute Gasteiger partial charge is 0.493 e. The number of para-hydroxylation sites is 1. The second-order valence-corrected chi connectivity index (χ2v) is 8.32. The summed E-state index contributed by atoms with van der Waals surface area (Å²) in [5, 5.41) is 13.0. The van der Waals surface area contributed by atoms with Gasteiger partial charge in [-0.2, -0.15) is 13.2 Å². The molecule has 0 spiro atoms. The van der Waals surface area contributed by atoms with Crippen LogP contribution in [0.3, 0.4) is 0 Å². The number of nitrogens with one attached hydrogen (secondary N) is 1. The molecule has 2 heterocycles. The van der Waals surface area contributed by atoms with Crippen molar-refractivity contribution in [3.05, 3.63) is 68.5 Å². The van der Waals surface area contributed by atoms with Crippen molar-refractivity contribution in [3.8, 4) is 5.88 Å². The van der Waals surface area contributed by atoms with Crippen molar-refractivity contribution < 1.29 is 23.1 Å². The van der Waals surface area contributed by atoms with E-state index in [0.29, 0.717) is 4.88 Å². The van der Waals surface area contributed by atoms with Crippen molar-refractivity contribution in [2.24, 2.45) is 4.99 Å². The van der Waals surface area contributed by atoms with Gasteiger partial charge in [-0.15, -0.1) is 11.3 Å².